The molecule has 1 N–H and O–H groups in total. The van der Waals surface area contributed by atoms with Crippen molar-refractivity contribution < 1.29 is 23.1 Å². The van der Waals surface area contributed by atoms with E-state index in [1.165, 1.54) is 12.1 Å². The molecule has 5 nitrogen and oxygen atoms in total. The second kappa shape index (κ2) is 5.97. The first-order chi connectivity index (χ1) is 8.33. The molecule has 0 saturated heterocycles. The predicted octanol–water partition coefficient (Wildman–Crippen LogP) is 0.828. The van der Waals surface area contributed by atoms with Crippen LogP contribution in [0.15, 0.2) is 24.3 Å². The molecular formula is C12H16O5S. The molecule has 0 aliphatic carbocycles. The number of rotatable bonds is 5. The largest absolute Gasteiger partial charge is 0.464 e. The molecule has 0 aliphatic heterocycles. The number of esters is 1. The third-order valence-electron chi connectivity index (χ3n) is 2.23. The monoisotopic (exact) mass is 272 g/mol. The van der Waals surface area contributed by atoms with Gasteiger partial charge >= 0.3 is 5.97 Å². The number of ether oxygens (including phenoxy) is 1. The van der Waals surface area contributed by atoms with Gasteiger partial charge < -0.3 is 9.84 Å². The Morgan fingerprint density at radius 3 is 2.33 bits per heavy atom. The number of benzene rings is 1. The molecule has 0 saturated carbocycles. The Labute approximate surface area is 106 Å². The highest BCUT2D eigenvalue weighted by atomic mass is 32.2. The molecule has 0 aromatic heterocycles. The second-order valence-corrected chi connectivity index (χ2v) is 6.11. The van der Waals surface area contributed by atoms with Crippen LogP contribution in [-0.2, 0) is 25.1 Å². The summed E-state index contributed by atoms with van der Waals surface area (Å²) >= 11 is 0. The van der Waals surface area contributed by atoms with E-state index in [2.05, 4.69) is 4.74 Å². The molecule has 1 unspecified atom stereocenters. The zero-order valence-corrected chi connectivity index (χ0v) is 11.1. The van der Waals surface area contributed by atoms with Crippen LogP contribution in [0.3, 0.4) is 0 Å². The van der Waals surface area contributed by atoms with E-state index in [0.717, 1.165) is 6.26 Å². The Bertz CT molecular complexity index is 504. The van der Waals surface area contributed by atoms with Crippen LogP contribution in [0, 0.1) is 0 Å². The minimum absolute atomic E-state index is 0.0667. The summed E-state index contributed by atoms with van der Waals surface area (Å²) in [5.41, 5.74) is 0.989. The van der Waals surface area contributed by atoms with Crippen molar-refractivity contribution in [2.75, 3.05) is 12.9 Å². The molecule has 0 fully saturated rings. The van der Waals surface area contributed by atoms with Crippen LogP contribution in [0.4, 0.5) is 0 Å². The lowest BCUT2D eigenvalue weighted by Crippen LogP contribution is -2.15. The number of carbonyl (C=O) groups is 1. The summed E-state index contributed by atoms with van der Waals surface area (Å²) in [7, 11) is -3.09. The summed E-state index contributed by atoms with van der Waals surface area (Å²) in [6.45, 7) is 1.85. The summed E-state index contributed by atoms with van der Waals surface area (Å²) in [5, 5.41) is 9.65. The Hall–Kier alpha value is -1.40. The standard InChI is InChI=1S/C12H16O5S/c1-3-17-12(14)11(13)10-6-4-9(5-7-10)8-18(2,15)16/h4-7,11,13H,3,8H2,1-2H3. The average molecular weight is 272 g/mol. The average Bonchev–Trinajstić information content (AvgIpc) is 2.27. The van der Waals surface area contributed by atoms with Gasteiger partial charge in [-0.05, 0) is 18.1 Å². The third kappa shape index (κ3) is 4.46. The zero-order valence-electron chi connectivity index (χ0n) is 10.3. The van der Waals surface area contributed by atoms with Crippen LogP contribution in [0.5, 0.6) is 0 Å². The quantitative estimate of drug-likeness (QED) is 0.803. The molecule has 100 valence electrons. The van der Waals surface area contributed by atoms with Gasteiger partial charge in [0.25, 0.3) is 0 Å². The van der Waals surface area contributed by atoms with E-state index in [0.29, 0.717) is 11.1 Å². The molecule has 1 atom stereocenters. The molecule has 0 amide bonds. The fraction of sp³-hybridized carbons (Fsp3) is 0.417. The van der Waals surface area contributed by atoms with Gasteiger partial charge in [-0.1, -0.05) is 24.3 Å². The van der Waals surface area contributed by atoms with Crippen molar-refractivity contribution in [3.05, 3.63) is 35.4 Å². The van der Waals surface area contributed by atoms with Gasteiger partial charge in [0, 0.05) is 6.26 Å². The van der Waals surface area contributed by atoms with Crippen LogP contribution in [-0.4, -0.2) is 32.4 Å². The normalized spacial score (nSPS) is 13.1. The topological polar surface area (TPSA) is 80.7 Å². The van der Waals surface area contributed by atoms with Gasteiger partial charge in [-0.15, -0.1) is 0 Å². The van der Waals surface area contributed by atoms with Crippen LogP contribution in [0.25, 0.3) is 0 Å². The summed E-state index contributed by atoms with van der Waals surface area (Å²) in [5.74, 6) is -0.781. The molecule has 0 radical (unpaired) electrons. The van der Waals surface area contributed by atoms with Crippen LogP contribution in [0.2, 0.25) is 0 Å². The maximum atomic E-state index is 11.3. The van der Waals surface area contributed by atoms with Crippen molar-refractivity contribution in [2.45, 2.75) is 18.8 Å². The Kier molecular flexibility index (Phi) is 4.86. The SMILES string of the molecule is CCOC(=O)C(O)c1ccc(CS(C)(=O)=O)cc1. The van der Waals surface area contributed by atoms with Crippen molar-refractivity contribution in [1.29, 1.82) is 0 Å². The van der Waals surface area contributed by atoms with E-state index in [9.17, 15) is 18.3 Å². The van der Waals surface area contributed by atoms with E-state index in [1.807, 2.05) is 0 Å². The van der Waals surface area contributed by atoms with Gasteiger partial charge in [0.2, 0.25) is 0 Å². The molecule has 0 spiro atoms. The summed E-state index contributed by atoms with van der Waals surface area (Å²) < 4.78 is 26.9. The fourth-order valence-electron chi connectivity index (χ4n) is 1.46. The molecule has 0 heterocycles. The van der Waals surface area contributed by atoms with Crippen molar-refractivity contribution in [3.63, 3.8) is 0 Å². The number of sulfone groups is 1. The zero-order chi connectivity index (χ0) is 13.8. The minimum atomic E-state index is -3.09. The van der Waals surface area contributed by atoms with E-state index >= 15 is 0 Å². The first kappa shape index (κ1) is 14.7. The van der Waals surface area contributed by atoms with Gasteiger partial charge in [-0.3, -0.25) is 0 Å². The number of hydrogen-bond acceptors (Lipinski definition) is 5. The number of aliphatic hydroxyl groups excluding tert-OH is 1. The lowest BCUT2D eigenvalue weighted by Gasteiger charge is -2.10. The van der Waals surface area contributed by atoms with Crippen LogP contribution in [0.1, 0.15) is 24.2 Å². The molecular weight excluding hydrogens is 256 g/mol. The van der Waals surface area contributed by atoms with Crippen LogP contribution >= 0.6 is 0 Å². The van der Waals surface area contributed by atoms with Gasteiger partial charge in [-0.25, -0.2) is 13.2 Å². The number of carbonyl (C=O) groups excluding carboxylic acids is 1. The van der Waals surface area contributed by atoms with Crippen molar-refractivity contribution in [3.8, 4) is 0 Å². The van der Waals surface area contributed by atoms with Crippen LogP contribution < -0.4 is 0 Å². The highest BCUT2D eigenvalue weighted by Gasteiger charge is 2.18. The molecule has 18 heavy (non-hydrogen) atoms. The Balaban J connectivity index is 2.79. The molecule has 1 rings (SSSR count). The maximum absolute atomic E-state index is 11.3. The van der Waals surface area contributed by atoms with E-state index in [-0.39, 0.29) is 12.4 Å². The second-order valence-electron chi connectivity index (χ2n) is 3.97. The van der Waals surface area contributed by atoms with Crippen molar-refractivity contribution in [2.24, 2.45) is 0 Å². The van der Waals surface area contributed by atoms with E-state index in [4.69, 9.17) is 0 Å². The van der Waals surface area contributed by atoms with Gasteiger partial charge in [0.05, 0.1) is 12.4 Å². The first-order valence-corrected chi connectivity index (χ1v) is 7.51. The third-order valence-corrected chi connectivity index (χ3v) is 3.09. The molecule has 0 bridgehead atoms. The fourth-order valence-corrected chi connectivity index (χ4v) is 2.25. The Morgan fingerprint density at radius 2 is 1.89 bits per heavy atom. The lowest BCUT2D eigenvalue weighted by molar-refractivity contribution is -0.153. The lowest BCUT2D eigenvalue weighted by atomic mass is 10.1. The first-order valence-electron chi connectivity index (χ1n) is 5.44. The highest BCUT2D eigenvalue weighted by molar-refractivity contribution is 7.89. The smallest absolute Gasteiger partial charge is 0.339 e. The Morgan fingerprint density at radius 1 is 1.33 bits per heavy atom. The summed E-state index contributed by atoms with van der Waals surface area (Å²) in [6.07, 6.45) is -0.189. The molecule has 0 aliphatic rings. The maximum Gasteiger partial charge on any atom is 0.339 e. The predicted molar refractivity (Wildman–Crippen MR) is 66.6 cm³/mol. The molecule has 1 aromatic rings. The molecule has 6 heteroatoms. The highest BCUT2D eigenvalue weighted by Crippen LogP contribution is 2.16. The summed E-state index contributed by atoms with van der Waals surface area (Å²) in [4.78, 5) is 11.3. The van der Waals surface area contributed by atoms with Crippen molar-refractivity contribution in [1.82, 2.24) is 0 Å². The van der Waals surface area contributed by atoms with Crippen molar-refractivity contribution >= 4 is 15.8 Å². The molecule has 1 aromatic carbocycles. The van der Waals surface area contributed by atoms with Gasteiger partial charge in [0.15, 0.2) is 15.9 Å². The van der Waals surface area contributed by atoms with E-state index < -0.39 is 21.9 Å². The van der Waals surface area contributed by atoms with E-state index in [1.54, 1.807) is 19.1 Å². The summed E-state index contributed by atoms with van der Waals surface area (Å²) in [6, 6.07) is 6.17. The minimum Gasteiger partial charge on any atom is -0.464 e. The van der Waals surface area contributed by atoms with Gasteiger partial charge in [-0.2, -0.15) is 0 Å². The number of aliphatic hydroxyl groups is 1. The van der Waals surface area contributed by atoms with Gasteiger partial charge in [0.1, 0.15) is 0 Å². The number of hydrogen-bond donors (Lipinski definition) is 1.